The van der Waals surface area contributed by atoms with Gasteiger partial charge in [-0.05, 0) is 6.42 Å². The molecule has 0 radical (unpaired) electrons. The zero-order valence-corrected chi connectivity index (χ0v) is 8.87. The second-order valence-electron chi connectivity index (χ2n) is 4.14. The monoisotopic (exact) mass is 218 g/mol. The predicted molar refractivity (Wildman–Crippen MR) is 62.2 cm³/mol. The zero-order valence-electron chi connectivity index (χ0n) is 8.87. The van der Waals surface area contributed by atoms with Crippen molar-refractivity contribution in [3.63, 3.8) is 0 Å². The number of rotatable bonds is 1. The average Bonchev–Trinajstić information content (AvgIpc) is 2.85. The molecule has 1 aliphatic rings. The fourth-order valence-electron chi connectivity index (χ4n) is 2.08. The van der Waals surface area contributed by atoms with Crippen molar-refractivity contribution in [2.24, 2.45) is 5.73 Å². The SMILES string of the molecule is Nc1cc(N2CC[C@H](N)C2)nc2ccnn12. The zero-order chi connectivity index (χ0) is 11.1. The molecule has 0 saturated carbocycles. The Labute approximate surface area is 92.9 Å². The van der Waals surface area contributed by atoms with Crippen molar-refractivity contribution in [1.82, 2.24) is 14.6 Å². The van der Waals surface area contributed by atoms with Gasteiger partial charge in [0.1, 0.15) is 11.6 Å². The van der Waals surface area contributed by atoms with Crippen LogP contribution in [0.2, 0.25) is 0 Å². The first-order valence-corrected chi connectivity index (χ1v) is 5.35. The molecule has 0 aromatic carbocycles. The fraction of sp³-hybridized carbons (Fsp3) is 0.400. The van der Waals surface area contributed by atoms with E-state index in [1.165, 1.54) is 0 Å². The van der Waals surface area contributed by atoms with Gasteiger partial charge >= 0.3 is 0 Å². The summed E-state index contributed by atoms with van der Waals surface area (Å²) in [4.78, 5) is 6.66. The second kappa shape index (κ2) is 3.34. The van der Waals surface area contributed by atoms with Gasteiger partial charge in [0, 0.05) is 31.3 Å². The number of hydrogen-bond acceptors (Lipinski definition) is 5. The Morgan fingerprint density at radius 1 is 1.44 bits per heavy atom. The summed E-state index contributed by atoms with van der Waals surface area (Å²) in [5.41, 5.74) is 12.6. The van der Waals surface area contributed by atoms with Gasteiger partial charge in [-0.1, -0.05) is 0 Å². The molecule has 0 unspecified atom stereocenters. The summed E-state index contributed by atoms with van der Waals surface area (Å²) in [7, 11) is 0. The van der Waals surface area contributed by atoms with Gasteiger partial charge in [0.25, 0.3) is 0 Å². The summed E-state index contributed by atoms with van der Waals surface area (Å²) in [6, 6.07) is 3.93. The topological polar surface area (TPSA) is 85.5 Å². The van der Waals surface area contributed by atoms with Crippen molar-refractivity contribution in [1.29, 1.82) is 0 Å². The molecule has 3 rings (SSSR count). The molecule has 2 aromatic heterocycles. The van der Waals surface area contributed by atoms with Crippen LogP contribution in [0.1, 0.15) is 6.42 Å². The highest BCUT2D eigenvalue weighted by Crippen LogP contribution is 2.20. The lowest BCUT2D eigenvalue weighted by Crippen LogP contribution is -2.27. The molecule has 3 heterocycles. The molecule has 1 fully saturated rings. The first-order chi connectivity index (χ1) is 7.74. The summed E-state index contributed by atoms with van der Waals surface area (Å²) in [6.07, 6.45) is 2.70. The van der Waals surface area contributed by atoms with Gasteiger partial charge in [-0.15, -0.1) is 0 Å². The minimum atomic E-state index is 0.240. The van der Waals surface area contributed by atoms with E-state index in [-0.39, 0.29) is 6.04 Å². The second-order valence-corrected chi connectivity index (χ2v) is 4.14. The Morgan fingerprint density at radius 2 is 2.31 bits per heavy atom. The van der Waals surface area contributed by atoms with Gasteiger partial charge in [-0.3, -0.25) is 0 Å². The van der Waals surface area contributed by atoms with Crippen LogP contribution in [0.4, 0.5) is 11.6 Å². The largest absolute Gasteiger partial charge is 0.383 e. The van der Waals surface area contributed by atoms with Crippen molar-refractivity contribution in [3.8, 4) is 0 Å². The van der Waals surface area contributed by atoms with Crippen LogP contribution in [-0.4, -0.2) is 33.7 Å². The standard InChI is InChI=1S/C10H14N6/c11-7-2-4-15(6-7)10-5-8(12)16-9(14-10)1-3-13-16/h1,3,5,7H,2,4,6,11-12H2/t7-/m0/s1. The first kappa shape index (κ1) is 9.41. The molecule has 0 bridgehead atoms. The Morgan fingerprint density at radius 3 is 3.06 bits per heavy atom. The third kappa shape index (κ3) is 1.38. The summed E-state index contributed by atoms with van der Waals surface area (Å²) >= 11 is 0. The molecule has 0 aliphatic carbocycles. The third-order valence-electron chi connectivity index (χ3n) is 2.92. The molecule has 1 saturated heterocycles. The van der Waals surface area contributed by atoms with Crippen LogP contribution in [0.5, 0.6) is 0 Å². The number of nitrogens with zero attached hydrogens (tertiary/aromatic N) is 4. The van der Waals surface area contributed by atoms with Gasteiger partial charge in [-0.2, -0.15) is 9.61 Å². The van der Waals surface area contributed by atoms with Crippen LogP contribution in [0.15, 0.2) is 18.3 Å². The highest BCUT2D eigenvalue weighted by atomic mass is 15.3. The third-order valence-corrected chi connectivity index (χ3v) is 2.92. The molecule has 6 nitrogen and oxygen atoms in total. The van der Waals surface area contributed by atoms with E-state index < -0.39 is 0 Å². The van der Waals surface area contributed by atoms with Gasteiger partial charge in [0.05, 0.1) is 6.20 Å². The molecule has 4 N–H and O–H groups in total. The van der Waals surface area contributed by atoms with Gasteiger partial charge < -0.3 is 16.4 Å². The maximum atomic E-state index is 5.91. The van der Waals surface area contributed by atoms with Gasteiger partial charge in [0.2, 0.25) is 0 Å². The number of nitrogen functional groups attached to an aromatic ring is 1. The van der Waals surface area contributed by atoms with E-state index in [4.69, 9.17) is 11.5 Å². The van der Waals surface area contributed by atoms with Crippen molar-refractivity contribution < 1.29 is 0 Å². The fourth-order valence-corrected chi connectivity index (χ4v) is 2.08. The van der Waals surface area contributed by atoms with Crippen LogP contribution in [0.3, 0.4) is 0 Å². The van der Waals surface area contributed by atoms with E-state index in [9.17, 15) is 0 Å². The number of aromatic nitrogens is 3. The van der Waals surface area contributed by atoms with E-state index >= 15 is 0 Å². The highest BCUT2D eigenvalue weighted by molar-refractivity contribution is 5.56. The maximum absolute atomic E-state index is 5.91. The van der Waals surface area contributed by atoms with E-state index in [2.05, 4.69) is 15.0 Å². The molecule has 16 heavy (non-hydrogen) atoms. The van der Waals surface area contributed by atoms with E-state index in [0.717, 1.165) is 31.0 Å². The van der Waals surface area contributed by atoms with Crippen molar-refractivity contribution in [3.05, 3.63) is 18.3 Å². The number of nitrogens with two attached hydrogens (primary N) is 2. The minimum Gasteiger partial charge on any atom is -0.383 e. The van der Waals surface area contributed by atoms with Gasteiger partial charge in [-0.25, -0.2) is 4.98 Å². The van der Waals surface area contributed by atoms with Crippen LogP contribution < -0.4 is 16.4 Å². The minimum absolute atomic E-state index is 0.240. The molecule has 1 aliphatic heterocycles. The lowest BCUT2D eigenvalue weighted by molar-refractivity contribution is 0.751. The van der Waals surface area contributed by atoms with E-state index in [0.29, 0.717) is 5.82 Å². The van der Waals surface area contributed by atoms with Crippen LogP contribution in [0.25, 0.3) is 5.65 Å². The number of anilines is 2. The lowest BCUT2D eigenvalue weighted by atomic mass is 10.3. The summed E-state index contributed by atoms with van der Waals surface area (Å²) in [5, 5.41) is 4.09. The van der Waals surface area contributed by atoms with Crippen molar-refractivity contribution in [2.75, 3.05) is 23.7 Å². The molecular formula is C10H14N6. The Kier molecular flexibility index (Phi) is 1.97. The van der Waals surface area contributed by atoms with Crippen LogP contribution >= 0.6 is 0 Å². The molecule has 84 valence electrons. The maximum Gasteiger partial charge on any atom is 0.159 e. The highest BCUT2D eigenvalue weighted by Gasteiger charge is 2.21. The molecule has 2 aromatic rings. The number of hydrogen-bond donors (Lipinski definition) is 2. The normalized spacial score (nSPS) is 20.8. The van der Waals surface area contributed by atoms with Crippen LogP contribution in [-0.2, 0) is 0 Å². The van der Waals surface area contributed by atoms with Crippen molar-refractivity contribution in [2.45, 2.75) is 12.5 Å². The lowest BCUT2D eigenvalue weighted by Gasteiger charge is -2.17. The predicted octanol–water partition coefficient (Wildman–Crippen LogP) is -0.151. The van der Waals surface area contributed by atoms with E-state index in [1.54, 1.807) is 10.7 Å². The van der Waals surface area contributed by atoms with E-state index in [1.807, 2.05) is 12.1 Å². The molecule has 6 heteroatoms. The average molecular weight is 218 g/mol. The molecule has 1 atom stereocenters. The molecule has 0 amide bonds. The summed E-state index contributed by atoms with van der Waals surface area (Å²) < 4.78 is 1.62. The van der Waals surface area contributed by atoms with Gasteiger partial charge in [0.15, 0.2) is 5.65 Å². The first-order valence-electron chi connectivity index (χ1n) is 5.35. The summed E-state index contributed by atoms with van der Waals surface area (Å²) in [6.45, 7) is 1.79. The quantitative estimate of drug-likeness (QED) is 0.695. The molecule has 0 spiro atoms. The van der Waals surface area contributed by atoms with Crippen molar-refractivity contribution >= 4 is 17.3 Å². The van der Waals surface area contributed by atoms with Crippen LogP contribution in [0, 0.1) is 0 Å². The number of fused-ring (bicyclic) bond motifs is 1. The summed E-state index contributed by atoms with van der Waals surface area (Å²) in [5.74, 6) is 1.49. The Bertz CT molecular complexity index is 519. The molecular weight excluding hydrogens is 204 g/mol. The Hall–Kier alpha value is -1.82. The Balaban J connectivity index is 2.04. The smallest absolute Gasteiger partial charge is 0.159 e.